The summed E-state index contributed by atoms with van der Waals surface area (Å²) >= 11 is 0. The maximum atomic E-state index is 12.6. The van der Waals surface area contributed by atoms with Gasteiger partial charge in [-0.05, 0) is 18.2 Å². The summed E-state index contributed by atoms with van der Waals surface area (Å²) in [5, 5.41) is 8.98. The number of nitrogens with one attached hydrogen (secondary N) is 3. The van der Waals surface area contributed by atoms with Gasteiger partial charge in [0, 0.05) is 39.6 Å². The molecule has 1 saturated heterocycles. The van der Waals surface area contributed by atoms with Crippen LogP contribution >= 0.6 is 0 Å². The van der Waals surface area contributed by atoms with E-state index < -0.39 is 0 Å². The number of rotatable bonds is 6. The Kier molecular flexibility index (Phi) is 5.45. The second-order valence-corrected chi connectivity index (χ2v) is 7.11. The van der Waals surface area contributed by atoms with Gasteiger partial charge in [0.2, 0.25) is 17.8 Å². The summed E-state index contributed by atoms with van der Waals surface area (Å²) in [6.07, 6.45) is 0.539. The Hall–Kier alpha value is -2.98. The zero-order valence-corrected chi connectivity index (χ0v) is 16.2. The van der Waals surface area contributed by atoms with Crippen LogP contribution in [-0.2, 0) is 16.1 Å². The van der Waals surface area contributed by atoms with Crippen LogP contribution in [-0.4, -0.2) is 72.1 Å². The summed E-state index contributed by atoms with van der Waals surface area (Å²) in [6, 6.07) is 4.82. The summed E-state index contributed by atoms with van der Waals surface area (Å²) in [5.41, 5.74) is 0.220. The summed E-state index contributed by atoms with van der Waals surface area (Å²) in [7, 11) is 1.64. The van der Waals surface area contributed by atoms with Crippen LogP contribution in [0.3, 0.4) is 0 Å². The zero-order chi connectivity index (χ0) is 20.4. The molecular weight excluding hydrogens is 376 g/mol. The van der Waals surface area contributed by atoms with Gasteiger partial charge >= 0.3 is 0 Å². The third-order valence-corrected chi connectivity index (χ3v) is 5.28. The molecule has 0 radical (unpaired) electrons. The number of benzene rings is 1. The van der Waals surface area contributed by atoms with Crippen LogP contribution in [0.15, 0.2) is 23.0 Å². The fourth-order valence-corrected chi connectivity index (χ4v) is 3.77. The Morgan fingerprint density at radius 2 is 2.10 bits per heavy atom. The van der Waals surface area contributed by atoms with Crippen LogP contribution in [0.4, 0.5) is 5.95 Å². The van der Waals surface area contributed by atoms with E-state index in [1.165, 1.54) is 4.57 Å². The Bertz CT molecular complexity index is 998. The lowest BCUT2D eigenvalue weighted by atomic mass is 10.1. The van der Waals surface area contributed by atoms with E-state index in [-0.39, 0.29) is 35.9 Å². The predicted molar refractivity (Wildman–Crippen MR) is 107 cm³/mol. The smallest absolute Gasteiger partial charge is 0.263 e. The van der Waals surface area contributed by atoms with Gasteiger partial charge in [0.25, 0.3) is 5.56 Å². The second kappa shape index (κ2) is 8.18. The van der Waals surface area contributed by atoms with E-state index in [0.29, 0.717) is 29.7 Å². The van der Waals surface area contributed by atoms with E-state index in [2.05, 4.69) is 25.8 Å². The number of hydrogen-bond donors (Lipinski definition) is 3. The highest BCUT2D eigenvalue weighted by Crippen LogP contribution is 2.20. The Morgan fingerprint density at radius 3 is 2.86 bits per heavy atom. The monoisotopic (exact) mass is 400 g/mol. The first kappa shape index (κ1) is 19.3. The van der Waals surface area contributed by atoms with Gasteiger partial charge in [-0.2, -0.15) is 0 Å². The summed E-state index contributed by atoms with van der Waals surface area (Å²) < 4.78 is 7.16. The number of likely N-dealkylation sites (N-methyl/N-ethyl adjacent to an activating group) is 1. The fraction of sp³-hybridized carbons (Fsp3) is 0.474. The Labute approximate surface area is 167 Å². The number of nitrogens with zero attached hydrogens (tertiary/aromatic N) is 3. The topological polar surface area (TPSA) is 118 Å². The van der Waals surface area contributed by atoms with Gasteiger partial charge in [0.15, 0.2) is 0 Å². The van der Waals surface area contributed by atoms with Crippen molar-refractivity contribution >= 4 is 28.7 Å². The number of carbonyl (C=O) groups is 2. The van der Waals surface area contributed by atoms with Crippen LogP contribution in [0.25, 0.3) is 10.9 Å². The largest absolute Gasteiger partial charge is 0.493 e. The number of fused-ring (bicyclic) bond motifs is 2. The molecule has 10 heteroatoms. The summed E-state index contributed by atoms with van der Waals surface area (Å²) in [6.45, 7) is 3.66. The summed E-state index contributed by atoms with van der Waals surface area (Å²) in [5.74, 6) is 0.523. The maximum Gasteiger partial charge on any atom is 0.263 e. The average molecular weight is 400 g/mol. The lowest BCUT2D eigenvalue weighted by Crippen LogP contribution is -2.53. The van der Waals surface area contributed by atoms with E-state index in [0.717, 1.165) is 26.2 Å². The normalized spacial score (nSPS) is 17.6. The minimum absolute atomic E-state index is 0.0239. The van der Waals surface area contributed by atoms with Crippen molar-refractivity contribution in [1.82, 2.24) is 25.1 Å². The molecule has 10 nitrogen and oxygen atoms in total. The van der Waals surface area contributed by atoms with E-state index >= 15 is 0 Å². The van der Waals surface area contributed by atoms with Crippen LogP contribution in [0, 0.1) is 0 Å². The molecule has 3 heterocycles. The summed E-state index contributed by atoms with van der Waals surface area (Å²) in [4.78, 5) is 43.0. The number of piperazine rings is 1. The first-order valence-corrected chi connectivity index (χ1v) is 9.70. The van der Waals surface area contributed by atoms with E-state index in [1.807, 2.05) is 0 Å². The number of ether oxygens (including phenoxy) is 1. The zero-order valence-electron chi connectivity index (χ0n) is 16.2. The molecule has 2 aliphatic heterocycles. The van der Waals surface area contributed by atoms with Crippen molar-refractivity contribution < 1.29 is 14.3 Å². The molecule has 0 saturated carbocycles. The molecule has 0 aliphatic carbocycles. The van der Waals surface area contributed by atoms with Gasteiger partial charge in [-0.1, -0.05) is 0 Å². The second-order valence-electron chi connectivity index (χ2n) is 7.11. The maximum absolute atomic E-state index is 12.6. The molecule has 4 rings (SSSR count). The number of amides is 2. The first-order chi connectivity index (χ1) is 14.1. The molecule has 2 amide bonds. The van der Waals surface area contributed by atoms with Gasteiger partial charge in [0.1, 0.15) is 12.3 Å². The van der Waals surface area contributed by atoms with E-state index in [1.54, 1.807) is 25.2 Å². The first-order valence-electron chi connectivity index (χ1n) is 9.70. The lowest BCUT2D eigenvalue weighted by Gasteiger charge is -2.33. The molecule has 1 unspecified atom stereocenters. The van der Waals surface area contributed by atoms with Crippen LogP contribution < -0.4 is 26.2 Å². The minimum atomic E-state index is -0.280. The number of aromatic nitrogens is 2. The number of hydrogen-bond acceptors (Lipinski definition) is 7. The predicted octanol–water partition coefficient (Wildman–Crippen LogP) is -0.863. The van der Waals surface area contributed by atoms with E-state index in [4.69, 9.17) is 4.74 Å². The average Bonchev–Trinajstić information content (AvgIpc) is 3.12. The third-order valence-electron chi connectivity index (χ3n) is 5.28. The van der Waals surface area contributed by atoms with Gasteiger partial charge in [0.05, 0.1) is 23.6 Å². The van der Waals surface area contributed by atoms with Gasteiger partial charge in [-0.3, -0.25) is 29.2 Å². The van der Waals surface area contributed by atoms with E-state index in [9.17, 15) is 14.4 Å². The van der Waals surface area contributed by atoms with Crippen molar-refractivity contribution in [2.75, 3.05) is 45.2 Å². The molecule has 2 aromatic rings. The van der Waals surface area contributed by atoms with Crippen molar-refractivity contribution in [1.29, 1.82) is 0 Å². The number of anilines is 1. The van der Waals surface area contributed by atoms with Crippen molar-refractivity contribution in [2.45, 2.75) is 19.0 Å². The van der Waals surface area contributed by atoms with Crippen molar-refractivity contribution in [3.05, 3.63) is 28.6 Å². The van der Waals surface area contributed by atoms with Gasteiger partial charge in [-0.25, -0.2) is 4.98 Å². The highest BCUT2D eigenvalue weighted by molar-refractivity contribution is 5.94. The number of carbonyl (C=O) groups excluding carboxylic acids is 2. The van der Waals surface area contributed by atoms with Crippen LogP contribution in [0.5, 0.6) is 5.75 Å². The molecule has 2 aliphatic rings. The van der Waals surface area contributed by atoms with Crippen molar-refractivity contribution in [2.24, 2.45) is 0 Å². The van der Waals surface area contributed by atoms with Crippen LogP contribution in [0.1, 0.15) is 6.42 Å². The lowest BCUT2D eigenvalue weighted by molar-refractivity contribution is -0.126. The molecule has 1 atom stereocenters. The van der Waals surface area contributed by atoms with Gasteiger partial charge in [-0.15, -0.1) is 0 Å². The highest BCUT2D eigenvalue weighted by atomic mass is 16.5. The Balaban J connectivity index is 1.47. The molecule has 3 N–H and O–H groups in total. The highest BCUT2D eigenvalue weighted by Gasteiger charge is 2.26. The standard InChI is InChI=1S/C19H24N6O4/c1-20-17(27)15(24-7-5-21-6-8-24)4-9-29-12-2-3-14-13(10-12)18(28)25-11-16(26)23-19(25)22-14/h2-3,10,15,21H,4-9,11H2,1H3,(H,20,27)(H,22,23,26). The molecule has 0 bridgehead atoms. The molecule has 1 fully saturated rings. The molecule has 1 aromatic carbocycles. The molecular formula is C19H24N6O4. The van der Waals surface area contributed by atoms with Crippen molar-refractivity contribution in [3.63, 3.8) is 0 Å². The third kappa shape index (κ3) is 3.94. The Morgan fingerprint density at radius 1 is 1.31 bits per heavy atom. The van der Waals surface area contributed by atoms with Crippen LogP contribution in [0.2, 0.25) is 0 Å². The molecule has 0 spiro atoms. The van der Waals surface area contributed by atoms with Crippen molar-refractivity contribution in [3.8, 4) is 5.75 Å². The molecule has 29 heavy (non-hydrogen) atoms. The molecule has 154 valence electrons. The minimum Gasteiger partial charge on any atom is -0.493 e. The molecule has 1 aromatic heterocycles. The quantitative estimate of drug-likeness (QED) is 0.577. The fourth-order valence-electron chi connectivity index (χ4n) is 3.77. The SMILES string of the molecule is CNC(=O)C(CCOc1ccc2nc3n(c(=O)c2c1)CC(=O)N3)N1CCNCC1. The van der Waals surface area contributed by atoms with Gasteiger partial charge < -0.3 is 15.4 Å².